The van der Waals surface area contributed by atoms with Crippen LogP contribution in [0.3, 0.4) is 0 Å². The van der Waals surface area contributed by atoms with Gasteiger partial charge >= 0.3 is 5.97 Å². The zero-order valence-corrected chi connectivity index (χ0v) is 23.1. The van der Waals surface area contributed by atoms with E-state index in [0.717, 1.165) is 11.3 Å². The smallest absolute Gasteiger partial charge is 0.325 e. The molecular weight excluding hydrogens is 566 g/mol. The van der Waals surface area contributed by atoms with Crippen LogP contribution >= 0.6 is 11.3 Å². The first-order valence-electron chi connectivity index (χ1n) is 12.1. The Morgan fingerprint density at radius 3 is 2.05 bits per heavy atom. The van der Waals surface area contributed by atoms with Crippen LogP contribution in [0.4, 0.5) is 0 Å². The van der Waals surface area contributed by atoms with Gasteiger partial charge in [-0.25, -0.2) is 4.98 Å². The predicted octanol–water partition coefficient (Wildman–Crippen LogP) is -4.59. The molecule has 0 aliphatic heterocycles. The summed E-state index contributed by atoms with van der Waals surface area (Å²) in [7, 11) is 0. The van der Waals surface area contributed by atoms with Crippen molar-refractivity contribution < 1.29 is 43.5 Å². The van der Waals surface area contributed by atoms with E-state index in [2.05, 4.69) is 36.9 Å². The number of carboxylic acids is 1. The molecule has 18 nitrogen and oxygen atoms in total. The van der Waals surface area contributed by atoms with Crippen LogP contribution < -0.4 is 43.4 Å². The van der Waals surface area contributed by atoms with Crippen molar-refractivity contribution in [2.75, 3.05) is 19.6 Å². The fraction of sp³-hybridized carbons (Fsp3) is 0.500. The summed E-state index contributed by atoms with van der Waals surface area (Å²) in [6.07, 6.45) is -0.0614. The molecular formula is C22H33N9O9S. The van der Waals surface area contributed by atoms with Gasteiger partial charge in [-0.2, -0.15) is 0 Å². The van der Waals surface area contributed by atoms with E-state index in [1.165, 1.54) is 19.2 Å². The zero-order valence-electron chi connectivity index (χ0n) is 22.3. The Bertz CT molecular complexity index is 1160. The number of carbonyl (C=O) groups is 8. The minimum Gasteiger partial charge on any atom is -0.480 e. The van der Waals surface area contributed by atoms with Crippen LogP contribution in [0.15, 0.2) is 5.38 Å². The zero-order chi connectivity index (χ0) is 31.1. The molecule has 0 bridgehead atoms. The molecule has 41 heavy (non-hydrogen) atoms. The van der Waals surface area contributed by atoms with Gasteiger partial charge in [0.15, 0.2) is 0 Å². The minimum absolute atomic E-state index is 0.0220. The minimum atomic E-state index is -1.24. The van der Waals surface area contributed by atoms with Crippen LogP contribution in [0.2, 0.25) is 0 Å². The van der Waals surface area contributed by atoms with E-state index >= 15 is 0 Å². The average molecular weight is 600 g/mol. The van der Waals surface area contributed by atoms with Crippen molar-refractivity contribution in [2.45, 2.75) is 51.4 Å². The van der Waals surface area contributed by atoms with Crippen molar-refractivity contribution in [3.05, 3.63) is 16.1 Å². The van der Waals surface area contributed by atoms with Crippen LogP contribution in [0.25, 0.3) is 0 Å². The SMILES string of the molecule is CC(NC(=O)CNC(=O)CNC(=O)c1csc(CNC(=O)C(C)NC(=O)CNC(=O)C(N)CCC(N)=O)n1)C(=O)O. The van der Waals surface area contributed by atoms with Gasteiger partial charge in [0.1, 0.15) is 22.8 Å². The molecule has 7 amide bonds. The van der Waals surface area contributed by atoms with E-state index in [4.69, 9.17) is 16.6 Å². The van der Waals surface area contributed by atoms with Crippen molar-refractivity contribution in [3.8, 4) is 0 Å². The lowest BCUT2D eigenvalue weighted by Gasteiger charge is -2.15. The van der Waals surface area contributed by atoms with Crippen LogP contribution in [0, 0.1) is 0 Å². The van der Waals surface area contributed by atoms with Crippen molar-refractivity contribution in [1.82, 2.24) is 36.9 Å². The van der Waals surface area contributed by atoms with Crippen LogP contribution in [0.1, 0.15) is 42.2 Å². The largest absolute Gasteiger partial charge is 0.480 e. The van der Waals surface area contributed by atoms with E-state index in [1.807, 2.05) is 0 Å². The number of thiazole rings is 1. The van der Waals surface area contributed by atoms with Gasteiger partial charge in [0, 0.05) is 11.8 Å². The monoisotopic (exact) mass is 599 g/mol. The summed E-state index contributed by atoms with van der Waals surface area (Å²) in [6, 6.07) is -3.12. The van der Waals surface area contributed by atoms with E-state index in [0.29, 0.717) is 5.01 Å². The highest BCUT2D eigenvalue weighted by atomic mass is 32.1. The molecule has 19 heteroatoms. The molecule has 0 saturated carbocycles. The lowest BCUT2D eigenvalue weighted by atomic mass is 10.1. The molecule has 226 valence electrons. The third kappa shape index (κ3) is 13.8. The Morgan fingerprint density at radius 1 is 0.854 bits per heavy atom. The number of primary amides is 1. The number of rotatable bonds is 17. The molecule has 0 spiro atoms. The molecule has 1 aromatic heterocycles. The third-order valence-corrected chi connectivity index (χ3v) is 5.88. The molecule has 3 atom stereocenters. The molecule has 1 heterocycles. The number of aliphatic carboxylic acids is 1. The molecule has 0 fully saturated rings. The lowest BCUT2D eigenvalue weighted by molar-refractivity contribution is -0.141. The molecule has 1 rings (SSSR count). The van der Waals surface area contributed by atoms with Crippen LogP contribution in [0.5, 0.6) is 0 Å². The first-order chi connectivity index (χ1) is 19.2. The number of carbonyl (C=O) groups excluding carboxylic acids is 7. The third-order valence-electron chi connectivity index (χ3n) is 5.03. The Labute approximate surface area is 237 Å². The van der Waals surface area contributed by atoms with Crippen LogP contribution in [-0.2, 0) is 40.1 Å². The van der Waals surface area contributed by atoms with Gasteiger partial charge in [-0.1, -0.05) is 0 Å². The van der Waals surface area contributed by atoms with E-state index < -0.39 is 85.1 Å². The van der Waals surface area contributed by atoms with E-state index in [1.54, 1.807) is 0 Å². The van der Waals surface area contributed by atoms with Gasteiger partial charge in [0.2, 0.25) is 35.4 Å². The number of aromatic nitrogens is 1. The quantitative estimate of drug-likeness (QED) is 0.0820. The van der Waals surface area contributed by atoms with Gasteiger partial charge in [-0.15, -0.1) is 11.3 Å². The Hall–Kier alpha value is -4.65. The van der Waals surface area contributed by atoms with Crippen LogP contribution in [-0.4, -0.2) is 95.2 Å². The molecule has 0 aromatic carbocycles. The first-order valence-corrected chi connectivity index (χ1v) is 13.0. The maximum atomic E-state index is 12.3. The number of nitrogens with zero attached hydrogens (tertiary/aromatic N) is 1. The summed E-state index contributed by atoms with van der Waals surface area (Å²) in [5.41, 5.74) is 10.6. The molecule has 0 aliphatic rings. The highest BCUT2D eigenvalue weighted by molar-refractivity contribution is 7.09. The first kappa shape index (κ1) is 34.4. The fourth-order valence-corrected chi connectivity index (χ4v) is 3.46. The standard InChI is InChI=1S/C22H33N9O9S/c1-10(29-17(35)7-26-20(37)12(23)3-4-14(24)32)19(36)28-8-18-31-13(9-41-18)21(38)27-5-15(33)25-6-16(34)30-11(2)22(39)40/h9-12H,3-8,23H2,1-2H3,(H2,24,32)(H,25,33)(H,26,37)(H,27,38)(H,28,36)(H,29,35)(H,30,34)(H,39,40). The van der Waals surface area contributed by atoms with Gasteiger partial charge in [0.05, 0.1) is 32.2 Å². The Balaban J connectivity index is 2.37. The summed E-state index contributed by atoms with van der Waals surface area (Å²) in [4.78, 5) is 97.3. The predicted molar refractivity (Wildman–Crippen MR) is 142 cm³/mol. The van der Waals surface area contributed by atoms with E-state index in [9.17, 15) is 38.4 Å². The lowest BCUT2D eigenvalue weighted by Crippen LogP contribution is -2.49. The molecule has 0 saturated heterocycles. The maximum absolute atomic E-state index is 12.3. The highest BCUT2D eigenvalue weighted by Gasteiger charge is 2.19. The molecule has 11 N–H and O–H groups in total. The molecule has 0 aliphatic carbocycles. The second-order valence-electron chi connectivity index (χ2n) is 8.55. The Kier molecular flexibility index (Phi) is 14.4. The van der Waals surface area contributed by atoms with Gasteiger partial charge in [0.25, 0.3) is 5.91 Å². The summed E-state index contributed by atoms with van der Waals surface area (Å²) >= 11 is 1.06. The average Bonchev–Trinajstić information content (AvgIpc) is 3.39. The van der Waals surface area contributed by atoms with Crippen molar-refractivity contribution in [3.63, 3.8) is 0 Å². The topological polar surface area (TPSA) is 294 Å². The second kappa shape index (κ2) is 17.1. The van der Waals surface area contributed by atoms with Crippen molar-refractivity contribution in [1.29, 1.82) is 0 Å². The molecule has 3 unspecified atom stereocenters. The summed E-state index contributed by atoms with van der Waals surface area (Å²) in [5.74, 6) is -5.82. The normalized spacial score (nSPS) is 12.6. The van der Waals surface area contributed by atoms with Gasteiger partial charge in [-0.05, 0) is 20.3 Å². The highest BCUT2D eigenvalue weighted by Crippen LogP contribution is 2.09. The number of carboxylic acid groups (broad SMARTS) is 1. The number of nitrogens with one attached hydrogen (secondary N) is 6. The van der Waals surface area contributed by atoms with Gasteiger partial charge in [-0.3, -0.25) is 38.4 Å². The van der Waals surface area contributed by atoms with Crippen molar-refractivity contribution >= 4 is 58.7 Å². The summed E-state index contributed by atoms with van der Waals surface area (Å²) in [5, 5.41) is 24.4. The summed E-state index contributed by atoms with van der Waals surface area (Å²) < 4.78 is 0. The van der Waals surface area contributed by atoms with E-state index in [-0.39, 0.29) is 25.1 Å². The molecule has 0 radical (unpaired) electrons. The number of amides is 7. The Morgan fingerprint density at radius 2 is 1.44 bits per heavy atom. The van der Waals surface area contributed by atoms with Crippen molar-refractivity contribution in [2.24, 2.45) is 11.5 Å². The summed E-state index contributed by atoms with van der Waals surface area (Å²) in [6.45, 7) is 1.21. The second-order valence-corrected chi connectivity index (χ2v) is 9.49. The fourth-order valence-electron chi connectivity index (χ4n) is 2.74. The number of hydrogen-bond acceptors (Lipinski definition) is 11. The number of hydrogen-bond donors (Lipinski definition) is 9. The van der Waals surface area contributed by atoms with Gasteiger partial charge < -0.3 is 48.5 Å². The maximum Gasteiger partial charge on any atom is 0.325 e. The number of nitrogens with two attached hydrogens (primary N) is 2. The molecule has 1 aromatic rings.